The number of rotatable bonds is 4. The molecule has 8 heteroatoms. The highest BCUT2D eigenvalue weighted by atomic mass is 16.6. The highest BCUT2D eigenvalue weighted by Crippen LogP contribution is 2.16. The number of nitrogens with two attached hydrogens (primary N) is 1. The topological polar surface area (TPSA) is 110 Å². The van der Waals surface area contributed by atoms with Gasteiger partial charge in [-0.1, -0.05) is 30.3 Å². The van der Waals surface area contributed by atoms with E-state index >= 15 is 0 Å². The number of anilines is 2. The Morgan fingerprint density at radius 3 is 2.57 bits per heavy atom. The summed E-state index contributed by atoms with van der Waals surface area (Å²) in [5.74, 6) is -0.0989. The summed E-state index contributed by atoms with van der Waals surface area (Å²) in [5, 5.41) is 0. The second kappa shape index (κ2) is 6.82. The van der Waals surface area contributed by atoms with E-state index in [0.717, 1.165) is 10.5 Å². The molecule has 8 nitrogen and oxygen atoms in total. The summed E-state index contributed by atoms with van der Waals surface area (Å²) in [6, 6.07) is 9.15. The molecule has 0 fully saturated rings. The first kappa shape index (κ1) is 16.3. The average molecular weight is 318 g/mol. The minimum Gasteiger partial charge on any atom is -0.449 e. The molecular weight excluding hydrogens is 300 g/mol. The normalized spacial score (nSPS) is 10.3. The lowest BCUT2D eigenvalue weighted by Crippen LogP contribution is -2.39. The maximum absolute atomic E-state index is 12.0. The van der Waals surface area contributed by atoms with Crippen molar-refractivity contribution in [2.45, 2.75) is 13.5 Å². The lowest BCUT2D eigenvalue weighted by molar-refractivity contribution is 0.161. The molecule has 1 aromatic carbocycles. The van der Waals surface area contributed by atoms with Gasteiger partial charge < -0.3 is 10.5 Å². The first-order chi connectivity index (χ1) is 11.0. The van der Waals surface area contributed by atoms with Crippen molar-refractivity contribution in [3.8, 4) is 0 Å². The van der Waals surface area contributed by atoms with E-state index in [9.17, 15) is 14.4 Å². The van der Waals surface area contributed by atoms with E-state index in [1.807, 2.05) is 30.3 Å². The summed E-state index contributed by atoms with van der Waals surface area (Å²) in [6.07, 6.45) is -0.727. The molecule has 3 N–H and O–H groups in total. The number of carbonyl (C=O) groups is 1. The molecule has 0 bridgehead atoms. The van der Waals surface area contributed by atoms with E-state index < -0.39 is 17.3 Å². The molecule has 2 rings (SSSR count). The van der Waals surface area contributed by atoms with Crippen molar-refractivity contribution in [2.75, 3.05) is 24.3 Å². The fourth-order valence-corrected chi connectivity index (χ4v) is 2.14. The van der Waals surface area contributed by atoms with Gasteiger partial charge in [-0.05, 0) is 12.5 Å². The second-order valence-corrected chi connectivity index (χ2v) is 4.82. The van der Waals surface area contributed by atoms with E-state index in [4.69, 9.17) is 10.5 Å². The van der Waals surface area contributed by atoms with Crippen LogP contribution in [0, 0.1) is 0 Å². The Morgan fingerprint density at radius 1 is 1.30 bits per heavy atom. The Kier molecular flexibility index (Phi) is 4.85. The molecule has 122 valence electrons. The Balaban J connectivity index is 2.49. The molecule has 1 aromatic heterocycles. The third-order valence-electron chi connectivity index (χ3n) is 3.27. The molecule has 2 aromatic rings. The van der Waals surface area contributed by atoms with Crippen LogP contribution in [-0.2, 0) is 11.3 Å². The van der Waals surface area contributed by atoms with Crippen molar-refractivity contribution in [3.63, 3.8) is 0 Å². The Bertz CT molecular complexity index is 810. The number of hydrogen-bond donors (Lipinski definition) is 2. The zero-order valence-corrected chi connectivity index (χ0v) is 12.9. The van der Waals surface area contributed by atoms with Crippen molar-refractivity contribution < 1.29 is 9.53 Å². The molecule has 0 radical (unpaired) electrons. The van der Waals surface area contributed by atoms with E-state index in [2.05, 4.69) is 4.98 Å². The van der Waals surface area contributed by atoms with Crippen LogP contribution in [-0.4, -0.2) is 29.3 Å². The van der Waals surface area contributed by atoms with Crippen molar-refractivity contribution in [1.82, 2.24) is 9.55 Å². The van der Waals surface area contributed by atoms with Crippen LogP contribution in [0.1, 0.15) is 12.5 Å². The highest BCUT2D eigenvalue weighted by molar-refractivity contribution is 5.89. The zero-order chi connectivity index (χ0) is 17.0. The van der Waals surface area contributed by atoms with Crippen molar-refractivity contribution >= 4 is 17.6 Å². The summed E-state index contributed by atoms with van der Waals surface area (Å²) in [6.45, 7) is 1.98. The molecule has 0 atom stereocenters. The summed E-state index contributed by atoms with van der Waals surface area (Å²) in [7, 11) is 1.36. The lowest BCUT2D eigenvalue weighted by Gasteiger charge is -2.19. The number of ether oxygens (including phenoxy) is 1. The van der Waals surface area contributed by atoms with Gasteiger partial charge in [0.05, 0.1) is 13.2 Å². The number of H-pyrrole nitrogens is 1. The Labute approximate surface area is 132 Å². The summed E-state index contributed by atoms with van der Waals surface area (Å²) >= 11 is 0. The molecular formula is C15H18N4O4. The Morgan fingerprint density at radius 2 is 1.96 bits per heavy atom. The Hall–Kier alpha value is -3.03. The molecule has 23 heavy (non-hydrogen) atoms. The largest absolute Gasteiger partial charge is 0.449 e. The van der Waals surface area contributed by atoms with E-state index in [1.165, 1.54) is 11.6 Å². The van der Waals surface area contributed by atoms with Gasteiger partial charge in [0.2, 0.25) is 0 Å². The van der Waals surface area contributed by atoms with Crippen LogP contribution in [0.3, 0.4) is 0 Å². The van der Waals surface area contributed by atoms with E-state index in [-0.39, 0.29) is 24.7 Å². The average Bonchev–Trinajstić information content (AvgIpc) is 2.52. The standard InChI is InChI=1S/C15H18N4O4/c1-3-23-15(22)18(2)11-12(16)19(14(21)17-13(11)20)9-10-7-5-4-6-8-10/h4-8H,3,9,16H2,1-2H3,(H,17,20,21). The number of benzene rings is 1. The summed E-state index contributed by atoms with van der Waals surface area (Å²) in [5.41, 5.74) is 5.28. The van der Waals surface area contributed by atoms with Crippen molar-refractivity contribution in [1.29, 1.82) is 0 Å². The van der Waals surface area contributed by atoms with Crippen LogP contribution in [0.15, 0.2) is 39.9 Å². The third kappa shape index (κ3) is 3.42. The van der Waals surface area contributed by atoms with Gasteiger partial charge in [0, 0.05) is 7.05 Å². The van der Waals surface area contributed by atoms with Gasteiger partial charge in [0.25, 0.3) is 5.56 Å². The van der Waals surface area contributed by atoms with Crippen LogP contribution in [0.5, 0.6) is 0 Å². The SMILES string of the molecule is CCOC(=O)N(C)c1c(N)n(Cc2ccccc2)c(=O)[nH]c1=O. The smallest absolute Gasteiger partial charge is 0.414 e. The molecule has 0 unspecified atom stereocenters. The van der Waals surface area contributed by atoms with Crippen molar-refractivity contribution in [3.05, 3.63) is 56.7 Å². The van der Waals surface area contributed by atoms with Crippen LogP contribution in [0.25, 0.3) is 0 Å². The van der Waals surface area contributed by atoms with Crippen LogP contribution < -0.4 is 21.9 Å². The number of nitrogens with zero attached hydrogens (tertiary/aromatic N) is 2. The van der Waals surface area contributed by atoms with Gasteiger partial charge in [0.1, 0.15) is 5.82 Å². The van der Waals surface area contributed by atoms with Gasteiger partial charge in [-0.2, -0.15) is 0 Å². The maximum atomic E-state index is 12.0. The van der Waals surface area contributed by atoms with Crippen LogP contribution in [0.4, 0.5) is 16.3 Å². The van der Waals surface area contributed by atoms with Gasteiger partial charge in [-0.3, -0.25) is 19.2 Å². The third-order valence-corrected chi connectivity index (χ3v) is 3.27. The fourth-order valence-electron chi connectivity index (χ4n) is 2.14. The minimum absolute atomic E-state index is 0.0989. The number of aromatic amines is 1. The first-order valence-electron chi connectivity index (χ1n) is 7.02. The molecule has 0 saturated carbocycles. The predicted octanol–water partition coefficient (Wildman–Crippen LogP) is 0.760. The van der Waals surface area contributed by atoms with Gasteiger partial charge >= 0.3 is 11.8 Å². The number of nitrogen functional groups attached to an aromatic ring is 1. The zero-order valence-electron chi connectivity index (χ0n) is 12.9. The van der Waals surface area contributed by atoms with Gasteiger partial charge in [-0.25, -0.2) is 9.59 Å². The quantitative estimate of drug-likeness (QED) is 0.864. The number of nitrogens with one attached hydrogen (secondary N) is 1. The summed E-state index contributed by atoms with van der Waals surface area (Å²) in [4.78, 5) is 39.0. The summed E-state index contributed by atoms with van der Waals surface area (Å²) < 4.78 is 6.04. The number of aromatic nitrogens is 2. The minimum atomic E-state index is -0.743. The monoisotopic (exact) mass is 318 g/mol. The highest BCUT2D eigenvalue weighted by Gasteiger charge is 2.21. The molecule has 0 saturated heterocycles. The number of hydrogen-bond acceptors (Lipinski definition) is 5. The van der Waals surface area contributed by atoms with Gasteiger partial charge in [-0.15, -0.1) is 0 Å². The van der Waals surface area contributed by atoms with E-state index in [0.29, 0.717) is 0 Å². The molecule has 0 aliphatic carbocycles. The van der Waals surface area contributed by atoms with Crippen LogP contribution >= 0.6 is 0 Å². The van der Waals surface area contributed by atoms with E-state index in [1.54, 1.807) is 6.92 Å². The molecule has 0 aliphatic heterocycles. The number of carbonyl (C=O) groups excluding carboxylic acids is 1. The fraction of sp³-hybridized carbons (Fsp3) is 0.267. The lowest BCUT2D eigenvalue weighted by atomic mass is 10.2. The predicted molar refractivity (Wildman–Crippen MR) is 86.7 cm³/mol. The maximum Gasteiger partial charge on any atom is 0.414 e. The van der Waals surface area contributed by atoms with Crippen LogP contribution in [0.2, 0.25) is 0 Å². The first-order valence-corrected chi connectivity index (χ1v) is 7.02. The molecule has 1 heterocycles. The molecule has 1 amide bonds. The van der Waals surface area contributed by atoms with Gasteiger partial charge in [0.15, 0.2) is 5.69 Å². The number of amides is 1. The molecule has 0 aliphatic rings. The van der Waals surface area contributed by atoms with Crippen molar-refractivity contribution in [2.24, 2.45) is 0 Å². The second-order valence-electron chi connectivity index (χ2n) is 4.82. The molecule has 0 spiro atoms.